The van der Waals surface area contributed by atoms with Gasteiger partial charge in [0.25, 0.3) is 0 Å². The van der Waals surface area contributed by atoms with Crippen LogP contribution in [0.3, 0.4) is 0 Å². The quantitative estimate of drug-likeness (QED) is 0.852. The fraction of sp³-hybridized carbons (Fsp3) is 0.500. The molecular formula is C16H21N5OS. The van der Waals surface area contributed by atoms with Crippen LogP contribution in [0.4, 0.5) is 0 Å². The molecule has 1 N–H and O–H groups in total. The number of carbonyl (C=O) groups excluding carboxylic acids is 1. The predicted molar refractivity (Wildman–Crippen MR) is 89.0 cm³/mol. The number of aromatic nitrogens is 4. The molecule has 1 aliphatic rings. The minimum atomic E-state index is -0.358. The fourth-order valence-electron chi connectivity index (χ4n) is 2.18. The molecule has 3 rings (SSSR count). The SMILES string of the molecule is CC(C)(C)n1nnnc1SC(C(=O)NC1CC1)c1ccccc1. The second-order valence-corrected chi connectivity index (χ2v) is 7.81. The molecule has 0 aliphatic heterocycles. The minimum Gasteiger partial charge on any atom is -0.352 e. The van der Waals surface area contributed by atoms with Gasteiger partial charge in [0.1, 0.15) is 5.25 Å². The smallest absolute Gasteiger partial charge is 0.238 e. The van der Waals surface area contributed by atoms with Crippen LogP contribution in [-0.2, 0) is 10.3 Å². The number of tetrazole rings is 1. The molecule has 6 nitrogen and oxygen atoms in total. The highest BCUT2D eigenvalue weighted by atomic mass is 32.2. The molecule has 0 bridgehead atoms. The Morgan fingerprint density at radius 2 is 2.00 bits per heavy atom. The van der Waals surface area contributed by atoms with Gasteiger partial charge in [0.15, 0.2) is 0 Å². The Bertz CT molecular complexity index is 675. The molecule has 1 unspecified atom stereocenters. The van der Waals surface area contributed by atoms with Crippen molar-refractivity contribution in [3.63, 3.8) is 0 Å². The monoisotopic (exact) mass is 331 g/mol. The minimum absolute atomic E-state index is 0.0205. The molecule has 1 saturated carbocycles. The fourth-order valence-corrected chi connectivity index (χ4v) is 3.36. The van der Waals surface area contributed by atoms with Crippen molar-refractivity contribution in [2.75, 3.05) is 0 Å². The van der Waals surface area contributed by atoms with Crippen molar-refractivity contribution in [3.8, 4) is 0 Å². The number of amides is 1. The molecule has 1 fully saturated rings. The molecule has 122 valence electrons. The van der Waals surface area contributed by atoms with E-state index in [0.29, 0.717) is 11.2 Å². The zero-order valence-electron chi connectivity index (χ0n) is 13.6. The average molecular weight is 331 g/mol. The van der Waals surface area contributed by atoms with Crippen LogP contribution >= 0.6 is 11.8 Å². The zero-order chi connectivity index (χ0) is 16.4. The van der Waals surface area contributed by atoms with Crippen LogP contribution in [0.5, 0.6) is 0 Å². The lowest BCUT2D eigenvalue weighted by Gasteiger charge is -2.21. The standard InChI is InChI=1S/C16H21N5OS/c1-16(2,3)21-15(18-19-20-21)23-13(11-7-5-4-6-8-11)14(22)17-12-9-10-12/h4-8,12-13H,9-10H2,1-3H3,(H,17,22). The maximum Gasteiger partial charge on any atom is 0.238 e. The summed E-state index contributed by atoms with van der Waals surface area (Å²) in [4.78, 5) is 12.7. The van der Waals surface area contributed by atoms with Gasteiger partial charge >= 0.3 is 0 Å². The van der Waals surface area contributed by atoms with Crippen LogP contribution in [0.1, 0.15) is 44.4 Å². The maximum atomic E-state index is 12.7. The Morgan fingerprint density at radius 3 is 2.61 bits per heavy atom. The Hall–Kier alpha value is -1.89. The van der Waals surface area contributed by atoms with Gasteiger partial charge in [-0.15, -0.1) is 5.10 Å². The molecular weight excluding hydrogens is 310 g/mol. The van der Waals surface area contributed by atoms with Gasteiger partial charge in [0, 0.05) is 6.04 Å². The van der Waals surface area contributed by atoms with Crippen LogP contribution in [0.15, 0.2) is 35.5 Å². The van der Waals surface area contributed by atoms with Gasteiger partial charge in [-0.05, 0) is 49.6 Å². The van der Waals surface area contributed by atoms with Crippen LogP contribution < -0.4 is 5.32 Å². The summed E-state index contributed by atoms with van der Waals surface area (Å²) in [6, 6.07) is 10.1. The predicted octanol–water partition coefficient (Wildman–Crippen LogP) is 2.54. The van der Waals surface area contributed by atoms with Crippen molar-refractivity contribution in [1.82, 2.24) is 25.5 Å². The average Bonchev–Trinajstić information content (AvgIpc) is 3.18. The molecule has 1 amide bonds. The first-order chi connectivity index (χ1) is 10.9. The largest absolute Gasteiger partial charge is 0.352 e. The molecule has 23 heavy (non-hydrogen) atoms. The first-order valence-electron chi connectivity index (χ1n) is 7.76. The highest BCUT2D eigenvalue weighted by Crippen LogP contribution is 2.36. The summed E-state index contributed by atoms with van der Waals surface area (Å²) in [5.74, 6) is 0.0205. The van der Waals surface area contributed by atoms with E-state index in [1.54, 1.807) is 4.68 Å². The Kier molecular flexibility index (Phi) is 4.39. The Balaban J connectivity index is 1.87. The van der Waals surface area contributed by atoms with Gasteiger partial charge in [0.2, 0.25) is 11.1 Å². The molecule has 0 spiro atoms. The van der Waals surface area contributed by atoms with E-state index >= 15 is 0 Å². The Labute approximate surface area is 140 Å². The third kappa shape index (κ3) is 3.90. The summed E-state index contributed by atoms with van der Waals surface area (Å²) in [6.07, 6.45) is 2.13. The summed E-state index contributed by atoms with van der Waals surface area (Å²) in [7, 11) is 0. The molecule has 0 saturated heterocycles. The number of thioether (sulfide) groups is 1. The third-order valence-corrected chi connectivity index (χ3v) is 4.75. The van der Waals surface area contributed by atoms with E-state index in [1.807, 2.05) is 51.1 Å². The molecule has 1 aromatic heterocycles. The summed E-state index contributed by atoms with van der Waals surface area (Å²) in [6.45, 7) is 6.11. The maximum absolute atomic E-state index is 12.7. The first kappa shape index (κ1) is 16.0. The van der Waals surface area contributed by atoms with E-state index in [1.165, 1.54) is 11.8 Å². The number of nitrogens with zero attached hydrogens (tertiary/aromatic N) is 4. The van der Waals surface area contributed by atoms with Gasteiger partial charge in [-0.1, -0.05) is 42.1 Å². The molecule has 0 radical (unpaired) electrons. The third-order valence-electron chi connectivity index (χ3n) is 3.56. The molecule has 2 aromatic rings. The van der Waals surface area contributed by atoms with Crippen molar-refractivity contribution in [2.24, 2.45) is 0 Å². The van der Waals surface area contributed by atoms with E-state index in [2.05, 4.69) is 20.8 Å². The highest BCUT2D eigenvalue weighted by Gasteiger charge is 2.31. The summed E-state index contributed by atoms with van der Waals surface area (Å²) in [5, 5.41) is 15.3. The van der Waals surface area contributed by atoms with Crippen molar-refractivity contribution >= 4 is 17.7 Å². The van der Waals surface area contributed by atoms with E-state index in [-0.39, 0.29) is 16.7 Å². The van der Waals surface area contributed by atoms with Crippen LogP contribution in [0.2, 0.25) is 0 Å². The topological polar surface area (TPSA) is 72.7 Å². The van der Waals surface area contributed by atoms with E-state index in [9.17, 15) is 4.79 Å². The lowest BCUT2D eigenvalue weighted by atomic mass is 10.1. The lowest BCUT2D eigenvalue weighted by Crippen LogP contribution is -2.30. The van der Waals surface area contributed by atoms with Crippen LogP contribution in [0, 0.1) is 0 Å². The van der Waals surface area contributed by atoms with Crippen molar-refractivity contribution in [1.29, 1.82) is 0 Å². The molecule has 1 heterocycles. The number of benzene rings is 1. The van der Waals surface area contributed by atoms with E-state index in [0.717, 1.165) is 18.4 Å². The number of hydrogen-bond acceptors (Lipinski definition) is 5. The van der Waals surface area contributed by atoms with Gasteiger partial charge in [-0.25, -0.2) is 4.68 Å². The second-order valence-electron chi connectivity index (χ2n) is 6.74. The van der Waals surface area contributed by atoms with Crippen molar-refractivity contribution < 1.29 is 4.79 Å². The van der Waals surface area contributed by atoms with Gasteiger partial charge in [-0.3, -0.25) is 4.79 Å². The van der Waals surface area contributed by atoms with Gasteiger partial charge in [-0.2, -0.15) is 0 Å². The van der Waals surface area contributed by atoms with E-state index in [4.69, 9.17) is 0 Å². The second kappa shape index (κ2) is 6.31. The molecule has 1 atom stereocenters. The summed E-state index contributed by atoms with van der Waals surface area (Å²) in [5.41, 5.74) is 0.721. The summed E-state index contributed by atoms with van der Waals surface area (Å²) >= 11 is 1.39. The molecule has 1 aromatic carbocycles. The first-order valence-corrected chi connectivity index (χ1v) is 8.64. The normalized spacial score (nSPS) is 16.1. The Morgan fingerprint density at radius 1 is 1.30 bits per heavy atom. The van der Waals surface area contributed by atoms with Gasteiger partial charge in [0.05, 0.1) is 5.54 Å². The van der Waals surface area contributed by atoms with Gasteiger partial charge < -0.3 is 5.32 Å². The molecule has 7 heteroatoms. The highest BCUT2D eigenvalue weighted by molar-refractivity contribution is 8.00. The number of nitrogens with one attached hydrogen (secondary N) is 1. The van der Waals surface area contributed by atoms with Crippen LogP contribution in [-0.4, -0.2) is 32.2 Å². The molecule has 1 aliphatic carbocycles. The number of rotatable bonds is 5. The van der Waals surface area contributed by atoms with Crippen LogP contribution in [0.25, 0.3) is 0 Å². The summed E-state index contributed by atoms with van der Waals surface area (Å²) < 4.78 is 1.76. The number of hydrogen-bond donors (Lipinski definition) is 1. The zero-order valence-corrected chi connectivity index (χ0v) is 14.4. The van der Waals surface area contributed by atoms with Crippen molar-refractivity contribution in [3.05, 3.63) is 35.9 Å². The lowest BCUT2D eigenvalue weighted by molar-refractivity contribution is -0.120. The van der Waals surface area contributed by atoms with Crippen molar-refractivity contribution in [2.45, 2.75) is 55.6 Å². The van der Waals surface area contributed by atoms with E-state index < -0.39 is 0 Å². The number of carbonyl (C=O) groups is 1.